The van der Waals surface area contributed by atoms with Gasteiger partial charge in [0, 0.05) is 0 Å². The maximum atomic E-state index is 13.4. The van der Waals surface area contributed by atoms with Crippen molar-refractivity contribution >= 4 is 11.7 Å². The number of carbonyl (C=O) groups excluding carboxylic acids is 1. The number of benzene rings is 2. The van der Waals surface area contributed by atoms with Crippen LogP contribution < -0.4 is 10.6 Å². The highest BCUT2D eigenvalue weighted by Crippen LogP contribution is 2.16. The minimum atomic E-state index is -0.836. The van der Waals surface area contributed by atoms with Crippen LogP contribution in [0.15, 0.2) is 54.6 Å². The Labute approximate surface area is 122 Å². The van der Waals surface area contributed by atoms with Crippen LogP contribution in [0, 0.1) is 5.82 Å². The summed E-state index contributed by atoms with van der Waals surface area (Å²) in [5.41, 5.74) is 0.799. The molecule has 2 aromatic carbocycles. The van der Waals surface area contributed by atoms with E-state index in [-0.39, 0.29) is 5.69 Å². The number of amides is 2. The Hall–Kier alpha value is -2.40. The average molecular weight is 288 g/mol. The molecule has 0 aliphatic heterocycles. The smallest absolute Gasteiger partial charge is 0.319 e. The lowest BCUT2D eigenvalue weighted by molar-refractivity contribution is 0.139. The van der Waals surface area contributed by atoms with E-state index in [1.807, 2.05) is 18.2 Å². The van der Waals surface area contributed by atoms with Crippen LogP contribution in [-0.4, -0.2) is 17.2 Å². The predicted molar refractivity (Wildman–Crippen MR) is 79.4 cm³/mol. The zero-order chi connectivity index (χ0) is 15.2. The third-order valence-corrected chi connectivity index (χ3v) is 3.10. The Morgan fingerprint density at radius 3 is 2.38 bits per heavy atom. The Morgan fingerprint density at radius 1 is 1.10 bits per heavy atom. The number of carbonyl (C=O) groups is 1. The molecule has 0 radical (unpaired) electrons. The molecule has 2 amide bonds. The van der Waals surface area contributed by atoms with Crippen LogP contribution in [0.1, 0.15) is 18.6 Å². The molecule has 0 aliphatic rings. The number of halogens is 1. The molecule has 0 bridgehead atoms. The molecule has 0 fully saturated rings. The quantitative estimate of drug-likeness (QED) is 0.809. The molecular weight excluding hydrogens is 271 g/mol. The highest BCUT2D eigenvalue weighted by atomic mass is 19.1. The number of nitrogens with one attached hydrogen (secondary N) is 2. The lowest BCUT2D eigenvalue weighted by atomic mass is 10.0. The second kappa shape index (κ2) is 6.85. The molecule has 0 saturated carbocycles. The Kier molecular flexibility index (Phi) is 4.90. The van der Waals surface area contributed by atoms with E-state index in [2.05, 4.69) is 10.6 Å². The fourth-order valence-electron chi connectivity index (χ4n) is 1.95. The second-order valence-electron chi connectivity index (χ2n) is 4.72. The lowest BCUT2D eigenvalue weighted by Gasteiger charge is -2.21. The van der Waals surface area contributed by atoms with Crippen molar-refractivity contribution in [2.45, 2.75) is 19.1 Å². The Bertz CT molecular complexity index is 604. The number of para-hydroxylation sites is 1. The van der Waals surface area contributed by atoms with E-state index in [0.29, 0.717) is 5.56 Å². The van der Waals surface area contributed by atoms with E-state index in [0.717, 1.165) is 0 Å². The van der Waals surface area contributed by atoms with Crippen LogP contribution in [-0.2, 0) is 0 Å². The van der Waals surface area contributed by atoms with Gasteiger partial charge in [-0.1, -0.05) is 42.5 Å². The van der Waals surface area contributed by atoms with E-state index in [1.54, 1.807) is 31.2 Å². The number of urea groups is 1. The van der Waals surface area contributed by atoms with Crippen molar-refractivity contribution in [3.8, 4) is 0 Å². The summed E-state index contributed by atoms with van der Waals surface area (Å²) < 4.78 is 13.4. The van der Waals surface area contributed by atoms with Crippen molar-refractivity contribution in [3.05, 3.63) is 66.0 Å². The molecule has 2 aromatic rings. The molecule has 2 atom stereocenters. The molecule has 0 unspecified atom stereocenters. The molecule has 0 heterocycles. The van der Waals surface area contributed by atoms with Gasteiger partial charge in [-0.3, -0.25) is 0 Å². The number of hydrogen-bond acceptors (Lipinski definition) is 2. The van der Waals surface area contributed by atoms with Crippen molar-refractivity contribution in [1.29, 1.82) is 0 Å². The third kappa shape index (κ3) is 4.03. The summed E-state index contributed by atoms with van der Waals surface area (Å²) in [7, 11) is 0. The molecular formula is C16H17FN2O2. The van der Waals surface area contributed by atoms with E-state index >= 15 is 0 Å². The molecule has 3 N–H and O–H groups in total. The summed E-state index contributed by atoms with van der Waals surface area (Å²) in [6.07, 6.45) is -0.836. The van der Waals surface area contributed by atoms with Gasteiger partial charge >= 0.3 is 6.03 Å². The van der Waals surface area contributed by atoms with Gasteiger partial charge in [0.15, 0.2) is 0 Å². The minimum absolute atomic E-state index is 0.0939. The fraction of sp³-hybridized carbons (Fsp3) is 0.188. The number of anilines is 1. The predicted octanol–water partition coefficient (Wildman–Crippen LogP) is 3.07. The standard InChI is InChI=1S/C16H17FN2O2/c1-11(15(20)12-7-3-2-4-8-12)18-16(21)19-14-10-6-5-9-13(14)17/h2-11,15,20H,1H3,(H2,18,19,21)/t11-,15-/m1/s1. The van der Waals surface area contributed by atoms with Gasteiger partial charge in [0.05, 0.1) is 17.8 Å². The van der Waals surface area contributed by atoms with Gasteiger partial charge in [0.2, 0.25) is 0 Å². The third-order valence-electron chi connectivity index (χ3n) is 3.10. The molecule has 0 aromatic heterocycles. The Morgan fingerprint density at radius 2 is 1.71 bits per heavy atom. The van der Waals surface area contributed by atoms with Gasteiger partial charge in [0.1, 0.15) is 5.82 Å². The molecule has 2 rings (SSSR count). The molecule has 0 spiro atoms. The zero-order valence-corrected chi connectivity index (χ0v) is 11.6. The number of aliphatic hydroxyl groups excluding tert-OH is 1. The van der Waals surface area contributed by atoms with Crippen LogP contribution in [0.25, 0.3) is 0 Å². The van der Waals surface area contributed by atoms with Crippen LogP contribution >= 0.6 is 0 Å². The van der Waals surface area contributed by atoms with E-state index in [9.17, 15) is 14.3 Å². The first-order valence-electron chi connectivity index (χ1n) is 6.63. The molecule has 5 heteroatoms. The van der Waals surface area contributed by atoms with Gasteiger partial charge in [-0.25, -0.2) is 9.18 Å². The van der Waals surface area contributed by atoms with Crippen LogP contribution in [0.2, 0.25) is 0 Å². The Balaban J connectivity index is 1.95. The molecule has 0 saturated heterocycles. The van der Waals surface area contributed by atoms with Crippen molar-refractivity contribution in [3.63, 3.8) is 0 Å². The van der Waals surface area contributed by atoms with Crippen molar-refractivity contribution in [2.24, 2.45) is 0 Å². The van der Waals surface area contributed by atoms with Gasteiger partial charge < -0.3 is 15.7 Å². The molecule has 4 nitrogen and oxygen atoms in total. The second-order valence-corrected chi connectivity index (χ2v) is 4.72. The van der Waals surface area contributed by atoms with Gasteiger partial charge in [-0.2, -0.15) is 0 Å². The summed E-state index contributed by atoms with van der Waals surface area (Å²) >= 11 is 0. The van der Waals surface area contributed by atoms with E-state index in [4.69, 9.17) is 0 Å². The van der Waals surface area contributed by atoms with Crippen molar-refractivity contribution in [2.75, 3.05) is 5.32 Å². The van der Waals surface area contributed by atoms with Crippen LogP contribution in [0.4, 0.5) is 14.9 Å². The van der Waals surface area contributed by atoms with Crippen LogP contribution in [0.5, 0.6) is 0 Å². The zero-order valence-electron chi connectivity index (χ0n) is 11.6. The first kappa shape index (κ1) is 15.0. The summed E-state index contributed by atoms with van der Waals surface area (Å²) in [6, 6.07) is 13.8. The summed E-state index contributed by atoms with van der Waals surface area (Å²) in [5.74, 6) is -0.510. The highest BCUT2D eigenvalue weighted by Gasteiger charge is 2.18. The number of aliphatic hydroxyl groups is 1. The fourth-order valence-corrected chi connectivity index (χ4v) is 1.95. The minimum Gasteiger partial charge on any atom is -0.386 e. The largest absolute Gasteiger partial charge is 0.386 e. The number of rotatable bonds is 4. The monoisotopic (exact) mass is 288 g/mol. The van der Waals surface area contributed by atoms with Gasteiger partial charge in [-0.15, -0.1) is 0 Å². The maximum absolute atomic E-state index is 13.4. The number of hydrogen-bond donors (Lipinski definition) is 3. The maximum Gasteiger partial charge on any atom is 0.319 e. The van der Waals surface area contributed by atoms with E-state index < -0.39 is 24.0 Å². The molecule has 0 aliphatic carbocycles. The lowest BCUT2D eigenvalue weighted by Crippen LogP contribution is -2.39. The summed E-state index contributed by atoms with van der Waals surface area (Å²) in [5, 5.41) is 15.1. The van der Waals surface area contributed by atoms with Gasteiger partial charge in [0.25, 0.3) is 0 Å². The van der Waals surface area contributed by atoms with Crippen molar-refractivity contribution in [1.82, 2.24) is 5.32 Å². The normalized spacial score (nSPS) is 13.3. The topological polar surface area (TPSA) is 61.4 Å². The average Bonchev–Trinajstić information content (AvgIpc) is 2.49. The van der Waals surface area contributed by atoms with Crippen LogP contribution in [0.3, 0.4) is 0 Å². The summed E-state index contributed by atoms with van der Waals surface area (Å²) in [4.78, 5) is 11.8. The van der Waals surface area contributed by atoms with E-state index in [1.165, 1.54) is 12.1 Å². The molecule has 21 heavy (non-hydrogen) atoms. The SMILES string of the molecule is C[C@@H](NC(=O)Nc1ccccc1F)[C@@H](O)c1ccccc1. The highest BCUT2D eigenvalue weighted by molar-refractivity contribution is 5.89. The first-order valence-corrected chi connectivity index (χ1v) is 6.63. The van der Waals surface area contributed by atoms with Crippen molar-refractivity contribution < 1.29 is 14.3 Å². The van der Waals surface area contributed by atoms with Gasteiger partial charge in [-0.05, 0) is 24.6 Å². The first-order chi connectivity index (χ1) is 10.1. The summed E-state index contributed by atoms with van der Waals surface area (Å²) in [6.45, 7) is 1.68. The molecule has 110 valence electrons.